The summed E-state index contributed by atoms with van der Waals surface area (Å²) in [6.45, 7) is 6.36. The molecule has 0 bridgehead atoms. The van der Waals surface area contributed by atoms with Crippen molar-refractivity contribution in [3.63, 3.8) is 0 Å². The number of benzene rings is 3. The molecule has 7 nitrogen and oxygen atoms in total. The second kappa shape index (κ2) is 9.59. The normalized spacial score (nSPS) is 15.0. The van der Waals surface area contributed by atoms with Crippen molar-refractivity contribution in [3.8, 4) is 6.07 Å². The van der Waals surface area contributed by atoms with Gasteiger partial charge in [0.15, 0.2) is 11.1 Å². The third kappa shape index (κ3) is 4.38. The van der Waals surface area contributed by atoms with Crippen molar-refractivity contribution >= 4 is 32.4 Å². The van der Waals surface area contributed by atoms with Crippen LogP contribution in [0.2, 0.25) is 0 Å². The lowest BCUT2D eigenvalue weighted by Gasteiger charge is -2.37. The molecule has 0 radical (unpaired) electrons. The molecule has 1 aliphatic rings. The number of nitriles is 1. The van der Waals surface area contributed by atoms with Crippen LogP contribution < -0.4 is 9.80 Å². The van der Waals surface area contributed by atoms with Gasteiger partial charge in [-0.1, -0.05) is 42.5 Å². The lowest BCUT2D eigenvalue weighted by molar-refractivity contribution is 0.588. The van der Waals surface area contributed by atoms with Crippen LogP contribution >= 0.6 is 0 Å². The highest BCUT2D eigenvalue weighted by atomic mass is 32.2. The number of hydrogen-bond donors (Lipinski definition) is 0. The number of sulfone groups is 1. The minimum absolute atomic E-state index is 0.156. The van der Waals surface area contributed by atoms with Gasteiger partial charge >= 0.3 is 0 Å². The number of anilines is 2. The highest BCUT2D eigenvalue weighted by Crippen LogP contribution is 2.35. The number of para-hydroxylation sites is 3. The molecule has 0 aliphatic carbocycles. The summed E-state index contributed by atoms with van der Waals surface area (Å²) in [5.74, 6) is 0.460. The molecule has 2 heterocycles. The van der Waals surface area contributed by atoms with Gasteiger partial charge in [0.1, 0.15) is 5.69 Å². The van der Waals surface area contributed by atoms with Crippen LogP contribution in [0.3, 0.4) is 0 Å². The molecule has 1 aromatic heterocycles. The first-order valence-corrected chi connectivity index (χ1v) is 13.5. The number of piperazine rings is 1. The third-order valence-electron chi connectivity index (χ3n) is 6.60. The van der Waals surface area contributed by atoms with E-state index in [2.05, 4.69) is 28.0 Å². The summed E-state index contributed by atoms with van der Waals surface area (Å²) in [4.78, 5) is 14.1. The Morgan fingerprint density at radius 1 is 0.833 bits per heavy atom. The zero-order valence-electron chi connectivity index (χ0n) is 20.3. The molecule has 5 rings (SSSR count). The zero-order valence-corrected chi connectivity index (χ0v) is 21.1. The van der Waals surface area contributed by atoms with Gasteiger partial charge in [0.25, 0.3) is 0 Å². The quantitative estimate of drug-likeness (QED) is 0.398. The number of fused-ring (bicyclic) bond motifs is 1. The summed E-state index contributed by atoms with van der Waals surface area (Å²) in [5, 5.41) is 8.72. The Bertz CT molecular complexity index is 1560. The van der Waals surface area contributed by atoms with Crippen LogP contribution in [-0.4, -0.2) is 44.6 Å². The Hall–Kier alpha value is -3.96. The zero-order chi connectivity index (χ0) is 25.3. The van der Waals surface area contributed by atoms with Crippen molar-refractivity contribution in [2.24, 2.45) is 0 Å². The van der Waals surface area contributed by atoms with Crippen molar-refractivity contribution in [2.75, 3.05) is 36.0 Å². The first-order valence-electron chi connectivity index (χ1n) is 11.9. The maximum Gasteiger partial charge on any atom is 0.200 e. The molecule has 8 heteroatoms. The first-order chi connectivity index (χ1) is 17.4. The molecule has 1 saturated heterocycles. The highest BCUT2D eigenvalue weighted by molar-refractivity contribution is 7.92. The van der Waals surface area contributed by atoms with Crippen molar-refractivity contribution < 1.29 is 8.42 Å². The van der Waals surface area contributed by atoms with E-state index in [-0.39, 0.29) is 10.6 Å². The van der Waals surface area contributed by atoms with E-state index in [4.69, 9.17) is 9.97 Å². The summed E-state index contributed by atoms with van der Waals surface area (Å²) in [7, 11) is -4.04. The van der Waals surface area contributed by atoms with Crippen LogP contribution in [0.1, 0.15) is 22.1 Å². The Kier molecular flexibility index (Phi) is 6.33. The van der Waals surface area contributed by atoms with Crippen molar-refractivity contribution in [2.45, 2.75) is 24.0 Å². The van der Waals surface area contributed by atoms with Crippen molar-refractivity contribution in [1.82, 2.24) is 9.97 Å². The van der Waals surface area contributed by atoms with Gasteiger partial charge in [-0.05, 0) is 55.3 Å². The predicted octanol–water partition coefficient (Wildman–Crippen LogP) is 4.61. The number of aryl methyl sites for hydroxylation is 2. The van der Waals surface area contributed by atoms with Crippen LogP contribution in [0.25, 0.3) is 11.0 Å². The fourth-order valence-corrected chi connectivity index (χ4v) is 6.36. The molecule has 182 valence electrons. The summed E-state index contributed by atoms with van der Waals surface area (Å²) < 4.78 is 27.7. The second-order valence-electron chi connectivity index (χ2n) is 9.05. The van der Waals surface area contributed by atoms with E-state index in [1.54, 1.807) is 25.1 Å². The average Bonchev–Trinajstić information content (AvgIpc) is 2.90. The Balaban J connectivity index is 1.58. The van der Waals surface area contributed by atoms with Crippen molar-refractivity contribution in [1.29, 1.82) is 5.26 Å². The Morgan fingerprint density at radius 3 is 2.11 bits per heavy atom. The van der Waals surface area contributed by atoms with Gasteiger partial charge in [-0.25, -0.2) is 18.4 Å². The third-order valence-corrected chi connectivity index (χ3v) is 8.61. The predicted molar refractivity (Wildman–Crippen MR) is 142 cm³/mol. The molecule has 0 saturated carbocycles. The average molecular weight is 498 g/mol. The largest absolute Gasteiger partial charge is 0.368 e. The molecule has 36 heavy (non-hydrogen) atoms. The maximum absolute atomic E-state index is 13.8. The van der Waals surface area contributed by atoms with Gasteiger partial charge in [0.05, 0.1) is 22.0 Å². The fourth-order valence-electron chi connectivity index (χ4n) is 4.65. The van der Waals surface area contributed by atoms with Crippen LogP contribution in [-0.2, 0) is 9.84 Å². The summed E-state index contributed by atoms with van der Waals surface area (Å²) >= 11 is 0. The van der Waals surface area contributed by atoms with Crippen LogP contribution in [0.5, 0.6) is 0 Å². The molecule has 0 spiro atoms. The van der Waals surface area contributed by atoms with E-state index in [1.807, 2.05) is 49.4 Å². The standard InChI is InChI=1S/C28H27N5O2S/c1-20-12-13-21(2)25(18-20)36(34,35)26(19-29)27-28(31-24-11-7-6-10-23(24)30-27)33-16-14-32(15-17-33)22-8-4-3-5-9-22/h3-13,18,26H,14-17H2,1-2H3/t26-/m0/s1. The van der Waals surface area contributed by atoms with Crippen LogP contribution in [0.4, 0.5) is 11.5 Å². The van der Waals surface area contributed by atoms with E-state index < -0.39 is 15.1 Å². The van der Waals surface area contributed by atoms with Crippen LogP contribution in [0, 0.1) is 25.2 Å². The number of rotatable bonds is 5. The van der Waals surface area contributed by atoms with E-state index in [1.165, 1.54) is 0 Å². The molecule has 4 aromatic rings. The molecule has 0 unspecified atom stereocenters. The van der Waals surface area contributed by atoms with Gasteiger partial charge in [-0.3, -0.25) is 0 Å². The van der Waals surface area contributed by atoms with E-state index in [9.17, 15) is 13.7 Å². The SMILES string of the molecule is Cc1ccc(C)c(S(=O)(=O)[C@@H](C#N)c2nc3ccccc3nc2N2CCN(c3ccccc3)CC2)c1. The minimum Gasteiger partial charge on any atom is -0.368 e. The van der Waals surface area contributed by atoms with E-state index in [0.29, 0.717) is 35.5 Å². The van der Waals surface area contributed by atoms with Gasteiger partial charge in [0.2, 0.25) is 9.84 Å². The Morgan fingerprint density at radius 2 is 1.44 bits per heavy atom. The van der Waals surface area contributed by atoms with Gasteiger partial charge < -0.3 is 9.80 Å². The van der Waals surface area contributed by atoms with Crippen LogP contribution in [0.15, 0.2) is 77.7 Å². The monoisotopic (exact) mass is 497 g/mol. The summed E-state index contributed by atoms with van der Waals surface area (Å²) in [6.07, 6.45) is 0. The fraction of sp³-hybridized carbons (Fsp3) is 0.250. The Labute approximate surface area is 211 Å². The molecule has 0 amide bonds. The lowest BCUT2D eigenvalue weighted by Crippen LogP contribution is -2.47. The number of nitrogens with zero attached hydrogens (tertiary/aromatic N) is 5. The highest BCUT2D eigenvalue weighted by Gasteiger charge is 2.36. The molecular weight excluding hydrogens is 470 g/mol. The van der Waals surface area contributed by atoms with Gasteiger partial charge in [-0.2, -0.15) is 5.26 Å². The summed E-state index contributed by atoms with van der Waals surface area (Å²) in [6, 6.07) is 24.9. The maximum atomic E-state index is 13.8. The number of aromatic nitrogens is 2. The molecule has 1 atom stereocenters. The lowest BCUT2D eigenvalue weighted by atomic mass is 10.2. The summed E-state index contributed by atoms with van der Waals surface area (Å²) in [5.41, 5.74) is 3.99. The van der Waals surface area contributed by atoms with Gasteiger partial charge in [0, 0.05) is 31.9 Å². The van der Waals surface area contributed by atoms with E-state index in [0.717, 1.165) is 24.3 Å². The minimum atomic E-state index is -4.04. The number of hydrogen-bond acceptors (Lipinski definition) is 7. The molecule has 1 aliphatic heterocycles. The smallest absolute Gasteiger partial charge is 0.200 e. The second-order valence-corrected chi connectivity index (χ2v) is 11.1. The van der Waals surface area contributed by atoms with E-state index >= 15 is 0 Å². The van der Waals surface area contributed by atoms with Gasteiger partial charge in [-0.15, -0.1) is 0 Å². The van der Waals surface area contributed by atoms with Crippen molar-refractivity contribution in [3.05, 3.63) is 89.6 Å². The molecule has 0 N–H and O–H groups in total. The molecular formula is C28H27N5O2S. The molecule has 1 fully saturated rings. The first kappa shape index (κ1) is 23.8. The molecule has 3 aromatic carbocycles. The topological polar surface area (TPSA) is 90.2 Å².